The molecule has 0 aliphatic heterocycles. The maximum Gasteiger partial charge on any atom is -0.0327 e. The van der Waals surface area contributed by atoms with E-state index >= 15 is 0 Å². The molecule has 0 heterocycles. The van der Waals surface area contributed by atoms with Gasteiger partial charge >= 0.3 is 0 Å². The van der Waals surface area contributed by atoms with Gasteiger partial charge in [0, 0.05) is 0 Å². The lowest BCUT2D eigenvalue weighted by atomic mass is 9.81. The topological polar surface area (TPSA) is 0 Å². The molecule has 0 spiro atoms. The molecule has 0 aliphatic rings. The van der Waals surface area contributed by atoms with Crippen LogP contribution in [0.25, 0.3) is 0 Å². The van der Waals surface area contributed by atoms with Crippen molar-refractivity contribution in [2.45, 2.75) is 67.2 Å². The molecular weight excluding hydrogens is 204 g/mol. The van der Waals surface area contributed by atoms with Crippen LogP contribution in [0.1, 0.15) is 67.2 Å². The van der Waals surface area contributed by atoms with E-state index in [2.05, 4.69) is 54.2 Å². The van der Waals surface area contributed by atoms with Gasteiger partial charge in [-0.15, -0.1) is 6.58 Å². The van der Waals surface area contributed by atoms with E-state index in [0.29, 0.717) is 0 Å². The summed E-state index contributed by atoms with van der Waals surface area (Å²) < 4.78 is 0. The molecular formula is C17H34. The van der Waals surface area contributed by atoms with E-state index in [1.165, 1.54) is 25.7 Å². The van der Waals surface area contributed by atoms with Crippen molar-refractivity contribution in [3.63, 3.8) is 0 Å². The zero-order valence-corrected chi connectivity index (χ0v) is 13.0. The summed E-state index contributed by atoms with van der Waals surface area (Å²) in [4.78, 5) is 0. The lowest BCUT2D eigenvalue weighted by Gasteiger charge is -2.25. The average Bonchev–Trinajstić information content (AvgIpc) is 2.25. The Morgan fingerprint density at radius 2 is 1.35 bits per heavy atom. The Bertz CT molecular complexity index is 192. The predicted octanol–water partition coefficient (Wildman–Crippen LogP) is 5.93. The van der Waals surface area contributed by atoms with Crippen molar-refractivity contribution < 1.29 is 0 Å². The normalized spacial score (nSPS) is 18.8. The van der Waals surface area contributed by atoms with Crippen LogP contribution in [-0.4, -0.2) is 0 Å². The first kappa shape index (κ1) is 16.7. The first-order valence-electron chi connectivity index (χ1n) is 7.49. The van der Waals surface area contributed by atoms with Gasteiger partial charge in [-0.25, -0.2) is 0 Å². The molecule has 0 aromatic heterocycles. The Kier molecular flexibility index (Phi) is 8.64. The highest BCUT2D eigenvalue weighted by Gasteiger charge is 2.16. The molecule has 0 aliphatic carbocycles. The fourth-order valence-corrected chi connectivity index (χ4v) is 2.39. The molecule has 0 radical (unpaired) electrons. The van der Waals surface area contributed by atoms with Gasteiger partial charge in [0.05, 0.1) is 0 Å². The van der Waals surface area contributed by atoms with Gasteiger partial charge in [-0.2, -0.15) is 0 Å². The number of rotatable bonds is 9. The zero-order valence-electron chi connectivity index (χ0n) is 13.0. The molecule has 0 nitrogen and oxygen atoms in total. The summed E-state index contributed by atoms with van der Waals surface area (Å²) in [5.41, 5.74) is 0. The highest BCUT2D eigenvalue weighted by atomic mass is 14.2. The van der Waals surface area contributed by atoms with Crippen molar-refractivity contribution in [3.8, 4) is 0 Å². The van der Waals surface area contributed by atoms with Crippen LogP contribution in [0.15, 0.2) is 12.7 Å². The third-order valence-corrected chi connectivity index (χ3v) is 4.53. The van der Waals surface area contributed by atoms with Crippen LogP contribution < -0.4 is 0 Å². The summed E-state index contributed by atoms with van der Waals surface area (Å²) in [5, 5.41) is 0. The summed E-state index contributed by atoms with van der Waals surface area (Å²) in [6, 6.07) is 0. The van der Waals surface area contributed by atoms with Crippen LogP contribution in [0.2, 0.25) is 0 Å². The van der Waals surface area contributed by atoms with Crippen LogP contribution in [0.3, 0.4) is 0 Å². The van der Waals surface area contributed by atoms with Crippen molar-refractivity contribution in [1.82, 2.24) is 0 Å². The quantitative estimate of drug-likeness (QED) is 0.436. The largest absolute Gasteiger partial charge is 0.103 e. The molecule has 0 rings (SSSR count). The lowest BCUT2D eigenvalue weighted by molar-refractivity contribution is 0.268. The summed E-state index contributed by atoms with van der Waals surface area (Å²) in [7, 11) is 0. The third-order valence-electron chi connectivity index (χ3n) is 4.53. The molecule has 4 unspecified atom stereocenters. The minimum Gasteiger partial charge on any atom is -0.103 e. The maximum absolute atomic E-state index is 3.83. The van der Waals surface area contributed by atoms with Gasteiger partial charge in [0.15, 0.2) is 0 Å². The minimum absolute atomic E-state index is 0.799. The fraction of sp³-hybridized carbons (Fsp3) is 0.882. The van der Waals surface area contributed by atoms with Gasteiger partial charge in [-0.3, -0.25) is 0 Å². The van der Waals surface area contributed by atoms with E-state index in [4.69, 9.17) is 0 Å². The molecule has 0 saturated carbocycles. The van der Waals surface area contributed by atoms with Gasteiger partial charge in [-0.1, -0.05) is 60.5 Å². The second kappa shape index (κ2) is 8.78. The SMILES string of the molecule is C=CCC(C)CC(C)C(C)CCC(C)C(C)C. The summed E-state index contributed by atoms with van der Waals surface area (Å²) in [6.45, 7) is 18.1. The molecule has 0 fully saturated rings. The highest BCUT2D eigenvalue weighted by molar-refractivity contribution is 4.74. The first-order chi connectivity index (χ1) is 7.88. The van der Waals surface area contributed by atoms with Gasteiger partial charge in [-0.05, 0) is 42.4 Å². The monoisotopic (exact) mass is 238 g/mol. The van der Waals surface area contributed by atoms with Crippen molar-refractivity contribution in [2.75, 3.05) is 0 Å². The standard InChI is InChI=1S/C17H34/c1-8-9-14(4)12-17(7)16(6)11-10-15(5)13(2)3/h8,13-17H,1,9-12H2,2-7H3. The van der Waals surface area contributed by atoms with Gasteiger partial charge in [0.2, 0.25) is 0 Å². The average molecular weight is 238 g/mol. The summed E-state index contributed by atoms with van der Waals surface area (Å²) in [5.74, 6) is 4.22. The van der Waals surface area contributed by atoms with E-state index in [1.54, 1.807) is 0 Å². The Balaban J connectivity index is 3.88. The lowest BCUT2D eigenvalue weighted by Crippen LogP contribution is -2.14. The number of hydrogen-bond donors (Lipinski definition) is 0. The van der Waals surface area contributed by atoms with E-state index < -0.39 is 0 Å². The Labute approximate surface area is 110 Å². The summed E-state index contributed by atoms with van der Waals surface area (Å²) >= 11 is 0. The molecule has 0 N–H and O–H groups in total. The second-order valence-electron chi connectivity index (χ2n) is 6.62. The van der Waals surface area contributed by atoms with E-state index in [0.717, 1.165) is 29.6 Å². The fourth-order valence-electron chi connectivity index (χ4n) is 2.39. The Morgan fingerprint density at radius 1 is 0.824 bits per heavy atom. The first-order valence-corrected chi connectivity index (χ1v) is 7.49. The van der Waals surface area contributed by atoms with Crippen molar-refractivity contribution in [3.05, 3.63) is 12.7 Å². The second-order valence-corrected chi connectivity index (χ2v) is 6.62. The molecule has 102 valence electrons. The Morgan fingerprint density at radius 3 is 1.82 bits per heavy atom. The molecule has 0 aromatic rings. The van der Waals surface area contributed by atoms with Crippen LogP contribution >= 0.6 is 0 Å². The van der Waals surface area contributed by atoms with Crippen LogP contribution in [-0.2, 0) is 0 Å². The van der Waals surface area contributed by atoms with E-state index in [-0.39, 0.29) is 0 Å². The third kappa shape index (κ3) is 7.63. The molecule has 0 bridgehead atoms. The molecule has 17 heavy (non-hydrogen) atoms. The van der Waals surface area contributed by atoms with Crippen molar-refractivity contribution in [2.24, 2.45) is 29.6 Å². The van der Waals surface area contributed by atoms with Crippen LogP contribution in [0, 0.1) is 29.6 Å². The molecule has 4 atom stereocenters. The molecule has 0 saturated heterocycles. The zero-order chi connectivity index (χ0) is 13.4. The van der Waals surface area contributed by atoms with Gasteiger partial charge in [0.1, 0.15) is 0 Å². The maximum atomic E-state index is 3.83. The van der Waals surface area contributed by atoms with Crippen molar-refractivity contribution >= 4 is 0 Å². The van der Waals surface area contributed by atoms with Crippen molar-refractivity contribution in [1.29, 1.82) is 0 Å². The minimum atomic E-state index is 0.799. The molecule has 0 aromatic carbocycles. The van der Waals surface area contributed by atoms with Gasteiger partial charge < -0.3 is 0 Å². The van der Waals surface area contributed by atoms with E-state index in [1.807, 2.05) is 0 Å². The number of allylic oxidation sites excluding steroid dienone is 1. The molecule has 0 heteroatoms. The Hall–Kier alpha value is -0.260. The number of hydrogen-bond acceptors (Lipinski definition) is 0. The van der Waals surface area contributed by atoms with E-state index in [9.17, 15) is 0 Å². The van der Waals surface area contributed by atoms with Crippen LogP contribution in [0.5, 0.6) is 0 Å². The summed E-state index contributed by atoms with van der Waals surface area (Å²) in [6.07, 6.45) is 7.35. The van der Waals surface area contributed by atoms with Crippen LogP contribution in [0.4, 0.5) is 0 Å². The smallest absolute Gasteiger partial charge is 0.0327 e. The molecule has 0 amide bonds. The van der Waals surface area contributed by atoms with Gasteiger partial charge in [0.25, 0.3) is 0 Å². The predicted molar refractivity (Wildman–Crippen MR) is 80.2 cm³/mol. The highest BCUT2D eigenvalue weighted by Crippen LogP contribution is 2.28.